The lowest BCUT2D eigenvalue weighted by Crippen LogP contribution is -2.13. The van der Waals surface area contributed by atoms with Crippen LogP contribution in [0.2, 0.25) is 0 Å². The number of carbonyl (C=O) groups is 1. The number of nitrogens with one attached hydrogen (secondary N) is 1. The number of rotatable bonds is 3. The molecule has 0 unspecified atom stereocenters. The van der Waals surface area contributed by atoms with Crippen molar-refractivity contribution in [2.75, 3.05) is 0 Å². The smallest absolute Gasteiger partial charge is 0.449 e. The molecule has 2 N–H and O–H groups in total. The summed E-state index contributed by atoms with van der Waals surface area (Å²) in [4.78, 5) is 33.8. The van der Waals surface area contributed by atoms with E-state index in [1.54, 1.807) is 12.3 Å². The van der Waals surface area contributed by atoms with Crippen LogP contribution in [0.1, 0.15) is 11.5 Å². The molecule has 22 heavy (non-hydrogen) atoms. The van der Waals surface area contributed by atoms with Gasteiger partial charge >= 0.3 is 6.16 Å². The van der Waals surface area contributed by atoms with Gasteiger partial charge in [-0.15, -0.1) is 0 Å². The monoisotopic (exact) mass is 297 g/mol. The minimum Gasteiger partial charge on any atom is -0.449 e. The van der Waals surface area contributed by atoms with Crippen molar-refractivity contribution in [2.24, 2.45) is 0 Å². The first kappa shape index (κ1) is 13.7. The van der Waals surface area contributed by atoms with Gasteiger partial charge in [-0.2, -0.15) is 0 Å². The number of pyridine rings is 1. The van der Waals surface area contributed by atoms with E-state index in [1.165, 1.54) is 18.2 Å². The summed E-state index contributed by atoms with van der Waals surface area (Å²) in [7, 11) is 0. The van der Waals surface area contributed by atoms with Crippen molar-refractivity contribution in [1.29, 1.82) is 0 Å². The highest BCUT2D eigenvalue weighted by atomic mass is 16.7. The van der Waals surface area contributed by atoms with Crippen molar-refractivity contribution in [3.63, 3.8) is 0 Å². The third-order valence-corrected chi connectivity index (χ3v) is 3.01. The Morgan fingerprint density at radius 2 is 2.14 bits per heavy atom. The number of H-pyrrole nitrogens is 1. The second-order valence-electron chi connectivity index (χ2n) is 4.56. The van der Waals surface area contributed by atoms with Crippen molar-refractivity contribution >= 4 is 17.1 Å². The van der Waals surface area contributed by atoms with Gasteiger partial charge in [-0.05, 0) is 24.3 Å². The van der Waals surface area contributed by atoms with Crippen LogP contribution in [0.4, 0.5) is 4.79 Å². The van der Waals surface area contributed by atoms with Gasteiger partial charge in [-0.3, -0.25) is 9.78 Å². The third-order valence-electron chi connectivity index (χ3n) is 3.01. The number of hydrogen-bond acceptors (Lipinski definition) is 5. The van der Waals surface area contributed by atoms with E-state index in [4.69, 9.17) is 5.11 Å². The van der Waals surface area contributed by atoms with Gasteiger partial charge < -0.3 is 14.8 Å². The topological polar surface area (TPSA) is 105 Å². The maximum absolute atomic E-state index is 12.1. The number of aromatic nitrogens is 3. The summed E-state index contributed by atoms with van der Waals surface area (Å²) in [5.41, 5.74) is 0.842. The molecule has 0 bridgehead atoms. The van der Waals surface area contributed by atoms with E-state index in [0.717, 1.165) is 5.69 Å². The molecule has 7 nitrogen and oxygen atoms in total. The first-order valence-electron chi connectivity index (χ1n) is 6.45. The Labute approximate surface area is 124 Å². The molecule has 110 valence electrons. The first-order valence-corrected chi connectivity index (χ1v) is 6.45. The van der Waals surface area contributed by atoms with Crippen molar-refractivity contribution in [3.05, 3.63) is 64.5 Å². The fourth-order valence-corrected chi connectivity index (χ4v) is 2.09. The SMILES string of the molecule is O=C(O)Oc1ccc2c(=O)[nH]c(Cc3ccccn3)nc2c1. The van der Waals surface area contributed by atoms with E-state index in [9.17, 15) is 9.59 Å². The minimum absolute atomic E-state index is 0.113. The maximum atomic E-state index is 12.1. The van der Waals surface area contributed by atoms with Crippen molar-refractivity contribution < 1.29 is 14.6 Å². The molecule has 0 saturated heterocycles. The van der Waals surface area contributed by atoms with E-state index < -0.39 is 6.16 Å². The summed E-state index contributed by atoms with van der Waals surface area (Å²) >= 11 is 0. The van der Waals surface area contributed by atoms with Gasteiger partial charge in [-0.1, -0.05) is 6.07 Å². The molecule has 0 aliphatic carbocycles. The Morgan fingerprint density at radius 1 is 1.27 bits per heavy atom. The maximum Gasteiger partial charge on any atom is 0.511 e. The predicted molar refractivity (Wildman–Crippen MR) is 78.1 cm³/mol. The summed E-state index contributed by atoms with van der Waals surface area (Å²) in [6, 6.07) is 9.78. The highest BCUT2D eigenvalue weighted by molar-refractivity contribution is 5.79. The molecule has 0 amide bonds. The second kappa shape index (κ2) is 5.65. The number of fused-ring (bicyclic) bond motifs is 1. The van der Waals surface area contributed by atoms with Crippen LogP contribution in [0, 0.1) is 0 Å². The van der Waals surface area contributed by atoms with Crippen LogP contribution in [-0.4, -0.2) is 26.2 Å². The van der Waals surface area contributed by atoms with Gasteiger partial charge in [0.1, 0.15) is 11.6 Å². The molecular formula is C15H11N3O4. The summed E-state index contributed by atoms with van der Waals surface area (Å²) < 4.78 is 4.57. The summed E-state index contributed by atoms with van der Waals surface area (Å²) in [5.74, 6) is 0.561. The Balaban J connectivity index is 2.02. The molecule has 0 radical (unpaired) electrons. The van der Waals surface area contributed by atoms with Crippen LogP contribution in [0.3, 0.4) is 0 Å². The molecule has 7 heteroatoms. The van der Waals surface area contributed by atoms with Crippen LogP contribution in [0.15, 0.2) is 47.4 Å². The Hall–Kier alpha value is -3.22. The average molecular weight is 297 g/mol. The van der Waals surface area contributed by atoms with E-state index in [2.05, 4.69) is 19.7 Å². The van der Waals surface area contributed by atoms with Crippen LogP contribution in [0.25, 0.3) is 10.9 Å². The quantitative estimate of drug-likeness (QED) is 0.565. The van der Waals surface area contributed by atoms with E-state index in [1.807, 2.05) is 12.1 Å². The van der Waals surface area contributed by atoms with Gasteiger partial charge in [0, 0.05) is 24.4 Å². The molecule has 0 spiro atoms. The zero-order chi connectivity index (χ0) is 15.5. The zero-order valence-electron chi connectivity index (χ0n) is 11.3. The highest BCUT2D eigenvalue weighted by Gasteiger charge is 2.08. The highest BCUT2D eigenvalue weighted by Crippen LogP contribution is 2.17. The van der Waals surface area contributed by atoms with Crippen LogP contribution < -0.4 is 10.3 Å². The molecule has 0 aliphatic rings. The fourth-order valence-electron chi connectivity index (χ4n) is 2.09. The summed E-state index contributed by atoms with van der Waals surface area (Å²) in [6.07, 6.45) is 0.612. The van der Waals surface area contributed by atoms with Crippen molar-refractivity contribution in [2.45, 2.75) is 6.42 Å². The molecular weight excluding hydrogens is 286 g/mol. The predicted octanol–water partition coefficient (Wildman–Crippen LogP) is 1.97. The largest absolute Gasteiger partial charge is 0.511 e. The van der Waals surface area contributed by atoms with E-state index in [0.29, 0.717) is 23.1 Å². The van der Waals surface area contributed by atoms with E-state index in [-0.39, 0.29) is 11.3 Å². The molecule has 0 fully saturated rings. The molecule has 1 aromatic carbocycles. The molecule has 2 aromatic heterocycles. The normalized spacial score (nSPS) is 10.5. The fraction of sp³-hybridized carbons (Fsp3) is 0.0667. The van der Waals surface area contributed by atoms with Gasteiger partial charge in [-0.25, -0.2) is 9.78 Å². The summed E-state index contributed by atoms with van der Waals surface area (Å²) in [6.45, 7) is 0. The zero-order valence-corrected chi connectivity index (χ0v) is 11.3. The van der Waals surface area contributed by atoms with Crippen LogP contribution >= 0.6 is 0 Å². The second-order valence-corrected chi connectivity index (χ2v) is 4.56. The van der Waals surface area contributed by atoms with Gasteiger partial charge in [0.05, 0.1) is 10.9 Å². The molecule has 3 aromatic rings. The molecule has 0 aliphatic heterocycles. The van der Waals surface area contributed by atoms with Gasteiger partial charge in [0.15, 0.2) is 0 Å². The number of nitrogens with zero attached hydrogens (tertiary/aromatic N) is 2. The molecule has 3 rings (SSSR count). The van der Waals surface area contributed by atoms with Crippen molar-refractivity contribution in [3.8, 4) is 5.75 Å². The lowest BCUT2D eigenvalue weighted by Gasteiger charge is -2.04. The minimum atomic E-state index is -1.42. The lowest BCUT2D eigenvalue weighted by atomic mass is 10.2. The molecule has 0 atom stereocenters. The van der Waals surface area contributed by atoms with Crippen molar-refractivity contribution in [1.82, 2.24) is 15.0 Å². The number of benzene rings is 1. The standard InChI is InChI=1S/C15H11N3O4/c19-14-11-5-4-10(22-15(20)21)8-12(11)17-13(18-14)7-9-3-1-2-6-16-9/h1-6,8H,7H2,(H,20,21)(H,17,18,19). The first-order chi connectivity index (χ1) is 10.6. The summed E-state index contributed by atoms with van der Waals surface area (Å²) in [5, 5.41) is 8.99. The number of aromatic amines is 1. The number of hydrogen-bond donors (Lipinski definition) is 2. The van der Waals surface area contributed by atoms with Gasteiger partial charge in [0.2, 0.25) is 0 Å². The number of ether oxygens (including phenoxy) is 1. The lowest BCUT2D eigenvalue weighted by molar-refractivity contribution is 0.144. The Bertz CT molecular complexity index is 890. The van der Waals surface area contributed by atoms with Gasteiger partial charge in [0.25, 0.3) is 5.56 Å². The third kappa shape index (κ3) is 2.93. The van der Waals surface area contributed by atoms with E-state index >= 15 is 0 Å². The average Bonchev–Trinajstić information content (AvgIpc) is 2.47. The Morgan fingerprint density at radius 3 is 2.86 bits per heavy atom. The number of carboxylic acid groups (broad SMARTS) is 1. The van der Waals surface area contributed by atoms with Crippen LogP contribution in [-0.2, 0) is 6.42 Å². The Kier molecular flexibility index (Phi) is 3.53. The molecule has 0 saturated carbocycles. The van der Waals surface area contributed by atoms with Crippen LogP contribution in [0.5, 0.6) is 5.75 Å². The molecule has 2 heterocycles.